The Hall–Kier alpha value is -4.75. The lowest BCUT2D eigenvalue weighted by Crippen LogP contribution is -2.28. The molecule has 196 valence electrons. The molecule has 0 fully saturated rings. The van der Waals surface area contributed by atoms with Crippen LogP contribution in [0.15, 0.2) is 82.5 Å². The van der Waals surface area contributed by atoms with Gasteiger partial charge in [0.2, 0.25) is 11.8 Å². The number of para-hydroxylation sites is 2. The van der Waals surface area contributed by atoms with E-state index in [0.29, 0.717) is 0 Å². The number of pyridine rings is 1. The van der Waals surface area contributed by atoms with Crippen LogP contribution in [0.4, 0.5) is 8.78 Å². The SMILES string of the molecule is O=c1[nH]c(=S)n(-c2ccccc2F)c(O)c1C(c1ccccn1)c1c(O)n(-c2ccccc2F)c(=S)[nH]c1=O. The van der Waals surface area contributed by atoms with Crippen molar-refractivity contribution < 1.29 is 19.0 Å². The maximum Gasteiger partial charge on any atom is 0.259 e. The van der Waals surface area contributed by atoms with Crippen LogP contribution in [0.25, 0.3) is 11.4 Å². The smallest absolute Gasteiger partial charge is 0.259 e. The Bertz CT molecular complexity index is 1850. The third kappa shape index (κ3) is 4.47. The van der Waals surface area contributed by atoms with Crippen molar-refractivity contribution in [1.29, 1.82) is 0 Å². The van der Waals surface area contributed by atoms with Crippen molar-refractivity contribution in [3.63, 3.8) is 0 Å². The van der Waals surface area contributed by atoms with Crippen LogP contribution in [0.1, 0.15) is 22.7 Å². The third-order valence-corrected chi connectivity index (χ3v) is 6.56. The van der Waals surface area contributed by atoms with E-state index in [2.05, 4.69) is 15.0 Å². The largest absolute Gasteiger partial charge is 0.494 e. The molecule has 4 N–H and O–H groups in total. The number of nitrogens with one attached hydrogen (secondary N) is 2. The lowest BCUT2D eigenvalue weighted by molar-refractivity contribution is 0.410. The maximum atomic E-state index is 14.7. The molecular weight excluding hydrogens is 548 g/mol. The first-order valence-electron chi connectivity index (χ1n) is 11.3. The van der Waals surface area contributed by atoms with Crippen LogP contribution >= 0.6 is 24.4 Å². The van der Waals surface area contributed by atoms with Crippen molar-refractivity contribution in [3.05, 3.63) is 132 Å². The number of nitrogens with zero attached hydrogens (tertiary/aromatic N) is 3. The molecule has 0 atom stereocenters. The van der Waals surface area contributed by atoms with Crippen LogP contribution in [0.2, 0.25) is 0 Å². The molecule has 3 heterocycles. The second-order valence-corrected chi connectivity index (χ2v) is 9.03. The van der Waals surface area contributed by atoms with Crippen molar-refractivity contribution in [2.75, 3.05) is 0 Å². The van der Waals surface area contributed by atoms with Crippen LogP contribution in [0.3, 0.4) is 0 Å². The summed E-state index contributed by atoms with van der Waals surface area (Å²) in [7, 11) is 0. The van der Waals surface area contributed by atoms with Gasteiger partial charge in [-0.25, -0.2) is 8.78 Å². The number of aromatic hydroxyl groups is 2. The third-order valence-electron chi connectivity index (χ3n) is 5.99. The molecule has 9 nitrogen and oxygen atoms in total. The Balaban J connectivity index is 1.91. The predicted octanol–water partition coefficient (Wildman–Crippen LogP) is 4.37. The summed E-state index contributed by atoms with van der Waals surface area (Å²) in [5.41, 5.74) is -3.14. The van der Waals surface area contributed by atoms with Gasteiger partial charge in [0.15, 0.2) is 9.54 Å². The lowest BCUT2D eigenvalue weighted by Gasteiger charge is -2.22. The standard InChI is InChI=1S/C26H17F2N5O4S2/c27-13-7-1-3-10-16(13)32-23(36)19(21(34)30-25(32)38)18(15-9-5-6-12-29-15)20-22(35)31-26(39)33(24(20)37)17-11-4-2-8-14(17)28/h1-12,18,36-37H,(H,30,34,38)(H,31,35,39). The molecule has 13 heteroatoms. The van der Waals surface area contributed by atoms with Gasteiger partial charge in [-0.05, 0) is 60.8 Å². The second kappa shape index (κ2) is 10.2. The zero-order valence-corrected chi connectivity index (χ0v) is 21.3. The van der Waals surface area contributed by atoms with Crippen molar-refractivity contribution in [1.82, 2.24) is 24.1 Å². The quantitative estimate of drug-likeness (QED) is 0.233. The fourth-order valence-electron chi connectivity index (χ4n) is 4.30. The molecule has 0 aliphatic rings. The Morgan fingerprint density at radius 3 is 1.56 bits per heavy atom. The summed E-state index contributed by atoms with van der Waals surface area (Å²) in [6.45, 7) is 0. The van der Waals surface area contributed by atoms with Gasteiger partial charge in [-0.2, -0.15) is 0 Å². The molecule has 0 radical (unpaired) electrons. The highest BCUT2D eigenvalue weighted by Gasteiger charge is 2.33. The number of rotatable bonds is 5. The van der Waals surface area contributed by atoms with Crippen molar-refractivity contribution in [3.8, 4) is 23.1 Å². The molecule has 0 bridgehead atoms. The zero-order valence-electron chi connectivity index (χ0n) is 19.6. The van der Waals surface area contributed by atoms with Crippen LogP contribution in [-0.4, -0.2) is 34.3 Å². The molecule has 39 heavy (non-hydrogen) atoms. The monoisotopic (exact) mass is 565 g/mol. The number of hydrogen-bond donors (Lipinski definition) is 4. The normalized spacial score (nSPS) is 11.2. The van der Waals surface area contributed by atoms with Gasteiger partial charge in [-0.1, -0.05) is 30.3 Å². The van der Waals surface area contributed by atoms with Gasteiger partial charge in [0.25, 0.3) is 11.1 Å². The fraction of sp³-hybridized carbons (Fsp3) is 0.0385. The second-order valence-electron chi connectivity index (χ2n) is 8.25. The molecular formula is C26H17F2N5O4S2. The van der Waals surface area contributed by atoms with E-state index < -0.39 is 51.6 Å². The number of aromatic nitrogens is 5. The highest BCUT2D eigenvalue weighted by Crippen LogP contribution is 2.37. The first-order valence-corrected chi connectivity index (χ1v) is 12.1. The number of halogens is 2. The minimum Gasteiger partial charge on any atom is -0.494 e. The zero-order chi connectivity index (χ0) is 27.8. The maximum absolute atomic E-state index is 14.7. The van der Waals surface area contributed by atoms with E-state index in [1.54, 1.807) is 12.1 Å². The fourth-order valence-corrected chi connectivity index (χ4v) is 4.85. The summed E-state index contributed by atoms with van der Waals surface area (Å²) in [6, 6.07) is 15.4. The highest BCUT2D eigenvalue weighted by atomic mass is 32.1. The van der Waals surface area contributed by atoms with E-state index in [1.165, 1.54) is 48.7 Å². The van der Waals surface area contributed by atoms with Crippen molar-refractivity contribution in [2.24, 2.45) is 0 Å². The van der Waals surface area contributed by atoms with Gasteiger partial charge in [-0.15, -0.1) is 0 Å². The number of benzene rings is 2. The van der Waals surface area contributed by atoms with Crippen molar-refractivity contribution in [2.45, 2.75) is 5.92 Å². The summed E-state index contributed by atoms with van der Waals surface area (Å²) in [5, 5.41) is 22.8. The van der Waals surface area contributed by atoms with E-state index in [1.807, 2.05) is 0 Å². The van der Waals surface area contributed by atoms with Gasteiger partial charge in [0, 0.05) is 6.20 Å². The molecule has 3 aromatic heterocycles. The van der Waals surface area contributed by atoms with Crippen LogP contribution in [0, 0.1) is 21.2 Å². The molecule has 0 saturated heterocycles. The van der Waals surface area contributed by atoms with E-state index in [-0.39, 0.29) is 26.6 Å². The average Bonchev–Trinajstić information content (AvgIpc) is 2.90. The summed E-state index contributed by atoms with van der Waals surface area (Å²) in [4.78, 5) is 35.6. The summed E-state index contributed by atoms with van der Waals surface area (Å²) >= 11 is 10.4. The molecule has 5 rings (SSSR count). The number of H-pyrrole nitrogens is 2. The first kappa shape index (κ1) is 25.9. The summed E-state index contributed by atoms with van der Waals surface area (Å²) in [5.74, 6) is -4.66. The Kier molecular flexibility index (Phi) is 6.76. The van der Waals surface area contributed by atoms with Crippen molar-refractivity contribution >= 4 is 24.4 Å². The summed E-state index contributed by atoms with van der Waals surface area (Å²) in [6.07, 6.45) is 1.37. The lowest BCUT2D eigenvalue weighted by atomic mass is 9.90. The Labute approximate surface area is 228 Å². The van der Waals surface area contributed by atoms with E-state index in [0.717, 1.165) is 21.3 Å². The van der Waals surface area contributed by atoms with E-state index in [9.17, 15) is 28.6 Å². The Morgan fingerprint density at radius 1 is 0.718 bits per heavy atom. The van der Waals surface area contributed by atoms with Gasteiger partial charge < -0.3 is 10.2 Å². The average molecular weight is 566 g/mol. The predicted molar refractivity (Wildman–Crippen MR) is 143 cm³/mol. The molecule has 2 aromatic carbocycles. The highest BCUT2D eigenvalue weighted by molar-refractivity contribution is 7.71. The number of hydrogen-bond acceptors (Lipinski definition) is 7. The minimum absolute atomic E-state index is 0.0495. The van der Waals surface area contributed by atoms with Crippen LogP contribution in [-0.2, 0) is 0 Å². The van der Waals surface area contributed by atoms with Gasteiger partial charge in [-0.3, -0.25) is 33.7 Å². The molecule has 0 amide bonds. The Morgan fingerprint density at radius 2 is 1.15 bits per heavy atom. The molecule has 5 aromatic rings. The van der Waals surface area contributed by atoms with E-state index >= 15 is 0 Å². The van der Waals surface area contributed by atoms with Crippen LogP contribution in [0.5, 0.6) is 11.8 Å². The molecule has 0 saturated carbocycles. The molecule has 0 aliphatic heterocycles. The minimum atomic E-state index is -1.54. The molecule has 0 spiro atoms. The number of aromatic amines is 2. The topological polar surface area (TPSA) is 129 Å². The molecule has 0 aliphatic carbocycles. The van der Waals surface area contributed by atoms with Gasteiger partial charge in [0.1, 0.15) is 11.6 Å². The van der Waals surface area contributed by atoms with Gasteiger partial charge >= 0.3 is 0 Å². The van der Waals surface area contributed by atoms with E-state index in [4.69, 9.17) is 24.4 Å². The van der Waals surface area contributed by atoms with Gasteiger partial charge in [0.05, 0.1) is 34.1 Å². The molecule has 0 unspecified atom stereocenters. The van der Waals surface area contributed by atoms with Crippen LogP contribution < -0.4 is 11.1 Å². The first-order chi connectivity index (χ1) is 18.7. The summed E-state index contributed by atoms with van der Waals surface area (Å²) < 4.78 is 30.6.